The zero-order valence-electron chi connectivity index (χ0n) is 11.3. The summed E-state index contributed by atoms with van der Waals surface area (Å²) in [5.41, 5.74) is 2.81. The number of rotatable bonds is 4. The Hall–Kier alpha value is -0.940. The Morgan fingerprint density at radius 1 is 1.00 bits per heavy atom. The van der Waals surface area contributed by atoms with E-state index in [4.69, 9.17) is 4.74 Å². The average molecular weight is 262 g/mol. The fraction of sp³-hybridized carbons (Fsp3) is 0.600. The molecule has 104 valence electrons. The lowest BCUT2D eigenvalue weighted by Crippen LogP contribution is -2.43. The van der Waals surface area contributed by atoms with Gasteiger partial charge in [0.25, 0.3) is 0 Å². The van der Waals surface area contributed by atoms with Crippen molar-refractivity contribution in [1.82, 2.24) is 9.80 Å². The van der Waals surface area contributed by atoms with Crippen LogP contribution in [-0.4, -0.2) is 60.4 Å². The third kappa shape index (κ3) is 3.34. The van der Waals surface area contributed by atoms with E-state index in [9.17, 15) is 5.11 Å². The highest BCUT2D eigenvalue weighted by Gasteiger charge is 2.22. The average Bonchev–Trinajstić information content (AvgIpc) is 2.81. The molecule has 2 heterocycles. The molecule has 1 unspecified atom stereocenters. The predicted molar refractivity (Wildman–Crippen MR) is 73.8 cm³/mol. The monoisotopic (exact) mass is 262 g/mol. The van der Waals surface area contributed by atoms with Crippen LogP contribution in [0.3, 0.4) is 0 Å². The molecule has 3 rings (SSSR count). The lowest BCUT2D eigenvalue weighted by molar-refractivity contribution is 0.00660. The van der Waals surface area contributed by atoms with Crippen LogP contribution in [0.4, 0.5) is 0 Å². The van der Waals surface area contributed by atoms with Crippen LogP contribution in [0.5, 0.6) is 0 Å². The Bertz CT molecular complexity index is 393. The fourth-order valence-corrected chi connectivity index (χ4v) is 2.97. The number of nitrogens with zero attached hydrogens (tertiary/aromatic N) is 2. The number of hydrogen-bond acceptors (Lipinski definition) is 4. The first kappa shape index (κ1) is 13.1. The number of ether oxygens (including phenoxy) is 1. The molecule has 1 N–H and O–H groups in total. The van der Waals surface area contributed by atoms with Crippen LogP contribution in [0.15, 0.2) is 24.3 Å². The molecule has 2 aliphatic rings. The first-order valence-corrected chi connectivity index (χ1v) is 7.08. The molecule has 1 aromatic carbocycles. The summed E-state index contributed by atoms with van der Waals surface area (Å²) in [7, 11) is 0. The van der Waals surface area contributed by atoms with Gasteiger partial charge in [0.15, 0.2) is 0 Å². The molecule has 19 heavy (non-hydrogen) atoms. The quantitative estimate of drug-likeness (QED) is 0.866. The van der Waals surface area contributed by atoms with Gasteiger partial charge in [-0.05, 0) is 11.1 Å². The van der Waals surface area contributed by atoms with Crippen molar-refractivity contribution in [1.29, 1.82) is 0 Å². The van der Waals surface area contributed by atoms with Gasteiger partial charge < -0.3 is 9.84 Å². The summed E-state index contributed by atoms with van der Waals surface area (Å²) in [5, 5.41) is 10.2. The number of β-amino-alcohol motifs (C(OH)–C–C–N with tert-alkyl or cyclic N) is 1. The second-order valence-electron chi connectivity index (χ2n) is 5.51. The van der Waals surface area contributed by atoms with Crippen LogP contribution in [0.25, 0.3) is 0 Å². The molecule has 0 radical (unpaired) electrons. The fourth-order valence-electron chi connectivity index (χ4n) is 2.97. The Balaban J connectivity index is 1.47. The molecule has 4 nitrogen and oxygen atoms in total. The van der Waals surface area contributed by atoms with Gasteiger partial charge in [0, 0.05) is 39.3 Å². The van der Waals surface area contributed by atoms with Gasteiger partial charge in [0.1, 0.15) is 0 Å². The molecular formula is C15H22N2O2. The van der Waals surface area contributed by atoms with Gasteiger partial charge in [-0.2, -0.15) is 0 Å². The SMILES string of the molecule is OC(CN1CCOCC1)CN1Cc2ccccc2C1. The van der Waals surface area contributed by atoms with Crippen LogP contribution in [0.2, 0.25) is 0 Å². The summed E-state index contributed by atoms with van der Waals surface area (Å²) in [6, 6.07) is 8.55. The van der Waals surface area contributed by atoms with Crippen LogP contribution in [0, 0.1) is 0 Å². The van der Waals surface area contributed by atoms with E-state index in [2.05, 4.69) is 34.1 Å². The van der Waals surface area contributed by atoms with Gasteiger partial charge in [-0.1, -0.05) is 24.3 Å². The van der Waals surface area contributed by atoms with Crippen molar-refractivity contribution in [3.05, 3.63) is 35.4 Å². The summed E-state index contributed by atoms with van der Waals surface area (Å²) < 4.78 is 5.32. The number of aliphatic hydroxyl groups excluding tert-OH is 1. The van der Waals surface area contributed by atoms with Crippen LogP contribution in [-0.2, 0) is 17.8 Å². The number of morpholine rings is 1. The maximum Gasteiger partial charge on any atom is 0.0794 e. The molecule has 4 heteroatoms. The summed E-state index contributed by atoms with van der Waals surface area (Å²) in [6.07, 6.45) is -0.271. The molecule has 0 bridgehead atoms. The smallest absolute Gasteiger partial charge is 0.0794 e. The Morgan fingerprint density at radius 3 is 2.21 bits per heavy atom. The van der Waals surface area contributed by atoms with Crippen molar-refractivity contribution in [2.75, 3.05) is 39.4 Å². The topological polar surface area (TPSA) is 35.9 Å². The van der Waals surface area contributed by atoms with Gasteiger partial charge in [-0.3, -0.25) is 9.80 Å². The van der Waals surface area contributed by atoms with Gasteiger partial charge in [0.05, 0.1) is 19.3 Å². The van der Waals surface area contributed by atoms with Gasteiger partial charge in [-0.25, -0.2) is 0 Å². The summed E-state index contributed by atoms with van der Waals surface area (Å²) in [5.74, 6) is 0. The Kier molecular flexibility index (Phi) is 4.13. The third-order valence-corrected chi connectivity index (χ3v) is 3.95. The highest BCUT2D eigenvalue weighted by Crippen LogP contribution is 2.22. The molecule has 1 aromatic rings. The van der Waals surface area contributed by atoms with E-state index in [0.29, 0.717) is 0 Å². The number of fused-ring (bicyclic) bond motifs is 1. The van der Waals surface area contributed by atoms with E-state index in [1.807, 2.05) is 0 Å². The predicted octanol–water partition coefficient (Wildman–Crippen LogP) is 0.695. The minimum atomic E-state index is -0.271. The molecular weight excluding hydrogens is 240 g/mol. The first-order chi connectivity index (χ1) is 9.31. The van der Waals surface area contributed by atoms with Crippen molar-refractivity contribution in [2.24, 2.45) is 0 Å². The van der Waals surface area contributed by atoms with E-state index in [1.54, 1.807) is 0 Å². The molecule has 0 amide bonds. The Morgan fingerprint density at radius 2 is 1.58 bits per heavy atom. The lowest BCUT2D eigenvalue weighted by Gasteiger charge is -2.29. The molecule has 1 fully saturated rings. The van der Waals surface area contributed by atoms with Crippen molar-refractivity contribution in [3.8, 4) is 0 Å². The lowest BCUT2D eigenvalue weighted by atomic mass is 10.1. The summed E-state index contributed by atoms with van der Waals surface area (Å²) in [6.45, 7) is 6.92. The molecule has 0 spiro atoms. The maximum absolute atomic E-state index is 10.2. The number of benzene rings is 1. The van der Waals surface area contributed by atoms with E-state index in [-0.39, 0.29) is 6.10 Å². The van der Waals surface area contributed by atoms with Gasteiger partial charge in [0.2, 0.25) is 0 Å². The largest absolute Gasteiger partial charge is 0.390 e. The molecule has 0 saturated carbocycles. The van der Waals surface area contributed by atoms with Gasteiger partial charge in [-0.15, -0.1) is 0 Å². The second kappa shape index (κ2) is 6.01. The van der Waals surface area contributed by atoms with Crippen molar-refractivity contribution >= 4 is 0 Å². The molecule has 0 aliphatic carbocycles. The standard InChI is InChI=1S/C15H22N2O2/c18-15(11-16-5-7-19-8-6-16)12-17-9-13-3-1-2-4-14(13)10-17/h1-4,15,18H,5-12H2. The third-order valence-electron chi connectivity index (χ3n) is 3.95. The number of hydrogen-bond donors (Lipinski definition) is 1. The second-order valence-corrected chi connectivity index (χ2v) is 5.51. The molecule has 0 aromatic heterocycles. The van der Waals surface area contributed by atoms with E-state index in [0.717, 1.165) is 52.5 Å². The highest BCUT2D eigenvalue weighted by molar-refractivity contribution is 5.30. The first-order valence-electron chi connectivity index (χ1n) is 7.08. The normalized spacial score (nSPS) is 22.4. The van der Waals surface area contributed by atoms with E-state index >= 15 is 0 Å². The van der Waals surface area contributed by atoms with Crippen molar-refractivity contribution < 1.29 is 9.84 Å². The van der Waals surface area contributed by atoms with Crippen LogP contribution >= 0.6 is 0 Å². The van der Waals surface area contributed by atoms with E-state index in [1.165, 1.54) is 11.1 Å². The van der Waals surface area contributed by atoms with Crippen LogP contribution in [0.1, 0.15) is 11.1 Å². The van der Waals surface area contributed by atoms with E-state index < -0.39 is 0 Å². The minimum absolute atomic E-state index is 0.271. The van der Waals surface area contributed by atoms with Crippen LogP contribution < -0.4 is 0 Å². The zero-order chi connectivity index (χ0) is 13.1. The highest BCUT2D eigenvalue weighted by atomic mass is 16.5. The summed E-state index contributed by atoms with van der Waals surface area (Å²) in [4.78, 5) is 4.62. The molecule has 1 saturated heterocycles. The minimum Gasteiger partial charge on any atom is -0.390 e. The summed E-state index contributed by atoms with van der Waals surface area (Å²) >= 11 is 0. The number of aliphatic hydroxyl groups is 1. The van der Waals surface area contributed by atoms with Crippen molar-refractivity contribution in [3.63, 3.8) is 0 Å². The molecule has 2 aliphatic heterocycles. The zero-order valence-corrected chi connectivity index (χ0v) is 11.3. The molecule has 1 atom stereocenters. The van der Waals surface area contributed by atoms with Gasteiger partial charge >= 0.3 is 0 Å². The van der Waals surface area contributed by atoms with Crippen molar-refractivity contribution in [2.45, 2.75) is 19.2 Å². The maximum atomic E-state index is 10.2. The Labute approximate surface area is 114 Å².